The van der Waals surface area contributed by atoms with E-state index in [4.69, 9.17) is 0 Å². The van der Waals surface area contributed by atoms with E-state index in [2.05, 4.69) is 35.9 Å². The maximum atomic E-state index is 12.5. The van der Waals surface area contributed by atoms with Gasteiger partial charge in [-0.2, -0.15) is 11.8 Å². The molecule has 1 N–H and O–H groups in total. The first-order chi connectivity index (χ1) is 9.61. The van der Waals surface area contributed by atoms with Gasteiger partial charge < -0.3 is 4.90 Å². The second-order valence-corrected chi connectivity index (χ2v) is 7.48. The Morgan fingerprint density at radius 3 is 2.60 bits per heavy atom. The third kappa shape index (κ3) is 4.12. The van der Waals surface area contributed by atoms with Crippen molar-refractivity contribution in [3.05, 3.63) is 0 Å². The quantitative estimate of drug-likeness (QED) is 0.808. The van der Waals surface area contributed by atoms with Gasteiger partial charge in [0.2, 0.25) is 5.91 Å². The molecule has 0 aliphatic carbocycles. The average Bonchev–Trinajstić information content (AvgIpc) is 2.73. The first kappa shape index (κ1) is 16.1. The van der Waals surface area contributed by atoms with Gasteiger partial charge in [-0.25, -0.2) is 0 Å². The van der Waals surface area contributed by atoms with Crippen LogP contribution < -0.4 is 5.32 Å². The average molecular weight is 299 g/mol. The topological polar surface area (TPSA) is 35.6 Å². The van der Waals surface area contributed by atoms with Crippen LogP contribution in [-0.2, 0) is 4.79 Å². The zero-order chi connectivity index (χ0) is 14.5. The molecule has 1 amide bonds. The predicted octanol–water partition coefficient (Wildman–Crippen LogP) is 1.62. The molecule has 2 saturated heterocycles. The predicted molar refractivity (Wildman–Crippen MR) is 85.9 cm³/mol. The highest BCUT2D eigenvalue weighted by Gasteiger charge is 2.37. The first-order valence-electron chi connectivity index (χ1n) is 7.98. The highest BCUT2D eigenvalue weighted by atomic mass is 32.2. The summed E-state index contributed by atoms with van der Waals surface area (Å²) in [5.41, 5.74) is 0. The van der Waals surface area contributed by atoms with E-state index < -0.39 is 0 Å². The van der Waals surface area contributed by atoms with Crippen LogP contribution in [0.15, 0.2) is 0 Å². The van der Waals surface area contributed by atoms with Gasteiger partial charge in [0.05, 0.1) is 12.2 Å². The zero-order valence-corrected chi connectivity index (χ0v) is 13.9. The number of rotatable bonds is 6. The van der Waals surface area contributed by atoms with E-state index in [9.17, 15) is 4.79 Å². The molecule has 0 bridgehead atoms. The Morgan fingerprint density at radius 2 is 2.00 bits per heavy atom. The lowest BCUT2D eigenvalue weighted by atomic mass is 10.0. The molecule has 0 spiro atoms. The van der Waals surface area contributed by atoms with Crippen LogP contribution in [0.4, 0.5) is 0 Å². The Bertz CT molecular complexity index is 318. The van der Waals surface area contributed by atoms with E-state index in [-0.39, 0.29) is 12.2 Å². The normalized spacial score (nSPS) is 28.6. The van der Waals surface area contributed by atoms with Crippen molar-refractivity contribution < 1.29 is 4.79 Å². The Morgan fingerprint density at radius 1 is 1.30 bits per heavy atom. The number of nitrogens with zero attached hydrogens (tertiary/aromatic N) is 2. The summed E-state index contributed by atoms with van der Waals surface area (Å²) in [5.74, 6) is 3.35. The SMILES string of the molecule is CCC1NC(CC(C)C)C(=O)N1CCN1CCSCC1. The summed E-state index contributed by atoms with van der Waals surface area (Å²) in [6, 6.07) is 0.0388. The molecule has 116 valence electrons. The van der Waals surface area contributed by atoms with Crippen molar-refractivity contribution in [2.45, 2.75) is 45.8 Å². The van der Waals surface area contributed by atoms with Crippen molar-refractivity contribution in [2.75, 3.05) is 37.7 Å². The van der Waals surface area contributed by atoms with Crippen molar-refractivity contribution in [3.63, 3.8) is 0 Å². The summed E-state index contributed by atoms with van der Waals surface area (Å²) in [7, 11) is 0. The second-order valence-electron chi connectivity index (χ2n) is 6.26. The van der Waals surface area contributed by atoms with Crippen molar-refractivity contribution in [1.29, 1.82) is 0 Å². The van der Waals surface area contributed by atoms with Gasteiger partial charge in [-0.05, 0) is 18.8 Å². The van der Waals surface area contributed by atoms with Crippen molar-refractivity contribution in [3.8, 4) is 0 Å². The number of carbonyl (C=O) groups is 1. The molecule has 0 aromatic heterocycles. The fourth-order valence-electron chi connectivity index (χ4n) is 3.07. The molecule has 0 aromatic carbocycles. The van der Waals surface area contributed by atoms with Crippen LogP contribution in [0.1, 0.15) is 33.6 Å². The van der Waals surface area contributed by atoms with Crippen molar-refractivity contribution in [2.24, 2.45) is 5.92 Å². The molecule has 2 rings (SSSR count). The van der Waals surface area contributed by atoms with Gasteiger partial charge in [-0.15, -0.1) is 0 Å². The fourth-order valence-corrected chi connectivity index (χ4v) is 4.04. The molecule has 2 atom stereocenters. The maximum absolute atomic E-state index is 12.5. The lowest BCUT2D eigenvalue weighted by molar-refractivity contribution is -0.130. The van der Waals surface area contributed by atoms with Crippen molar-refractivity contribution >= 4 is 17.7 Å². The third-order valence-electron chi connectivity index (χ3n) is 4.21. The standard InChI is InChI=1S/C15H29N3OS/c1-4-14-16-13(11-12(2)3)15(19)18(14)6-5-17-7-9-20-10-8-17/h12-14,16H,4-11H2,1-3H3. The van der Waals surface area contributed by atoms with E-state index in [0.717, 1.165) is 25.9 Å². The molecule has 4 nitrogen and oxygen atoms in total. The van der Waals surface area contributed by atoms with Crippen LogP contribution in [0.5, 0.6) is 0 Å². The highest BCUT2D eigenvalue weighted by molar-refractivity contribution is 7.99. The van der Waals surface area contributed by atoms with Gasteiger partial charge in [0.15, 0.2) is 0 Å². The summed E-state index contributed by atoms with van der Waals surface area (Å²) in [6.07, 6.45) is 2.19. The summed E-state index contributed by atoms with van der Waals surface area (Å²) >= 11 is 2.04. The molecule has 0 saturated carbocycles. The van der Waals surface area contributed by atoms with Crippen LogP contribution in [0.3, 0.4) is 0 Å². The van der Waals surface area contributed by atoms with E-state index in [0.29, 0.717) is 11.8 Å². The third-order valence-corrected chi connectivity index (χ3v) is 5.15. The largest absolute Gasteiger partial charge is 0.325 e. The lowest BCUT2D eigenvalue weighted by Crippen LogP contribution is -2.44. The van der Waals surface area contributed by atoms with E-state index in [1.54, 1.807) is 0 Å². The number of thioether (sulfide) groups is 1. The monoisotopic (exact) mass is 299 g/mol. The number of nitrogens with one attached hydrogen (secondary N) is 1. The minimum Gasteiger partial charge on any atom is -0.325 e. The molecule has 0 aromatic rings. The van der Waals surface area contributed by atoms with E-state index in [1.165, 1.54) is 24.6 Å². The van der Waals surface area contributed by atoms with E-state index >= 15 is 0 Å². The van der Waals surface area contributed by atoms with Gasteiger partial charge >= 0.3 is 0 Å². The van der Waals surface area contributed by atoms with E-state index in [1.807, 2.05) is 11.8 Å². The Kier molecular flexibility index (Phi) is 6.18. The lowest BCUT2D eigenvalue weighted by Gasteiger charge is -2.30. The van der Waals surface area contributed by atoms with Crippen LogP contribution in [0.25, 0.3) is 0 Å². The van der Waals surface area contributed by atoms with Crippen LogP contribution in [-0.4, -0.2) is 65.6 Å². The van der Waals surface area contributed by atoms with Gasteiger partial charge in [0.1, 0.15) is 0 Å². The second kappa shape index (κ2) is 7.66. The molecule has 20 heavy (non-hydrogen) atoms. The number of hydrogen-bond acceptors (Lipinski definition) is 4. The molecule has 0 radical (unpaired) electrons. The van der Waals surface area contributed by atoms with Gasteiger partial charge in [0, 0.05) is 37.7 Å². The Labute approximate surface area is 127 Å². The Balaban J connectivity index is 1.86. The van der Waals surface area contributed by atoms with Crippen LogP contribution >= 0.6 is 11.8 Å². The van der Waals surface area contributed by atoms with Crippen LogP contribution in [0.2, 0.25) is 0 Å². The molecule has 5 heteroatoms. The number of carbonyl (C=O) groups excluding carboxylic acids is 1. The molecule has 2 aliphatic heterocycles. The number of hydrogen-bond donors (Lipinski definition) is 1. The molecule has 2 heterocycles. The minimum atomic E-state index is 0.0388. The Hall–Kier alpha value is -0.260. The molecule has 2 aliphatic rings. The van der Waals surface area contributed by atoms with Gasteiger partial charge in [0.25, 0.3) is 0 Å². The summed E-state index contributed by atoms with van der Waals surface area (Å²) in [5, 5.41) is 3.51. The van der Waals surface area contributed by atoms with Crippen LogP contribution in [0, 0.1) is 5.92 Å². The maximum Gasteiger partial charge on any atom is 0.241 e. The minimum absolute atomic E-state index is 0.0388. The first-order valence-corrected chi connectivity index (χ1v) is 9.14. The summed E-state index contributed by atoms with van der Waals surface area (Å²) in [4.78, 5) is 17.1. The molecule has 2 fully saturated rings. The van der Waals surface area contributed by atoms with Gasteiger partial charge in [-0.3, -0.25) is 15.0 Å². The highest BCUT2D eigenvalue weighted by Crippen LogP contribution is 2.19. The number of amides is 1. The summed E-state index contributed by atoms with van der Waals surface area (Å²) < 4.78 is 0. The molecular formula is C15H29N3OS. The molecular weight excluding hydrogens is 270 g/mol. The summed E-state index contributed by atoms with van der Waals surface area (Å²) in [6.45, 7) is 10.8. The van der Waals surface area contributed by atoms with Gasteiger partial charge in [-0.1, -0.05) is 20.8 Å². The zero-order valence-electron chi connectivity index (χ0n) is 13.1. The fraction of sp³-hybridized carbons (Fsp3) is 0.933. The van der Waals surface area contributed by atoms with Crippen molar-refractivity contribution in [1.82, 2.24) is 15.1 Å². The smallest absolute Gasteiger partial charge is 0.241 e. The molecule has 2 unspecified atom stereocenters.